The average Bonchev–Trinajstić information content (AvgIpc) is 3.29. The van der Waals surface area contributed by atoms with Gasteiger partial charge in [0.15, 0.2) is 5.78 Å². The van der Waals surface area contributed by atoms with Crippen LogP contribution in [0.3, 0.4) is 0 Å². The zero-order chi connectivity index (χ0) is 28.0. The number of nitrogens with zero attached hydrogens (tertiary/aromatic N) is 2. The largest absolute Gasteiger partial charge is 0.362 e. The van der Waals surface area contributed by atoms with Crippen LogP contribution in [0.2, 0.25) is 0 Å². The molecule has 212 valence electrons. The molecule has 2 aromatic heterocycles. The Morgan fingerprint density at radius 2 is 1.90 bits per heavy atom. The second-order valence-corrected chi connectivity index (χ2v) is 13.4. The van der Waals surface area contributed by atoms with Gasteiger partial charge in [-0.3, -0.25) is 19.2 Å². The summed E-state index contributed by atoms with van der Waals surface area (Å²) in [6.45, 7) is 1.69. The van der Waals surface area contributed by atoms with Gasteiger partial charge in [0.1, 0.15) is 13.2 Å². The van der Waals surface area contributed by atoms with E-state index in [1.807, 2.05) is 13.0 Å². The van der Waals surface area contributed by atoms with E-state index in [0.717, 1.165) is 39.6 Å². The fraction of sp³-hybridized carbons (Fsp3) is 0.556. The number of sulfonamides is 1. The first-order valence-corrected chi connectivity index (χ1v) is 15.7. The molecule has 1 aliphatic heterocycles. The maximum atomic E-state index is 13.5. The van der Waals surface area contributed by atoms with Crippen LogP contribution in [0.25, 0.3) is 0 Å². The molecule has 2 aromatic rings. The summed E-state index contributed by atoms with van der Waals surface area (Å²) in [5, 5.41) is 5.67. The number of ketones is 1. The van der Waals surface area contributed by atoms with E-state index in [1.165, 1.54) is 37.1 Å². The second-order valence-electron chi connectivity index (χ2n) is 10.2. The van der Waals surface area contributed by atoms with Gasteiger partial charge in [0.2, 0.25) is 12.1 Å². The van der Waals surface area contributed by atoms with Crippen molar-refractivity contribution in [3.05, 3.63) is 46.3 Å². The molecule has 0 aromatic carbocycles. The predicted octanol–water partition coefficient (Wildman–Crippen LogP) is 2.01. The molecule has 4 rings (SSSR count). The standard InChI is InChI=1S/C27H36N4O6S2/c1-19-13-14-24(38-19)27(34)29-22(17-20-9-4-3-5-10-20)26(33)28-21-11-8-15-30(18-23(21)32)39(35,36)25-12-6-7-16-31(25)37-2/h6-7,12-14,16,20-22H,3-5,8-11,15,17-18H2,1-2H3,(H-,28,29,33,34)/p+1/t21?,22-/m0/s1. The van der Waals surface area contributed by atoms with Gasteiger partial charge >= 0.3 is 15.0 Å². The number of thiophene rings is 1. The molecule has 2 N–H and O–H groups in total. The number of nitrogens with one attached hydrogen (secondary N) is 2. The first-order chi connectivity index (χ1) is 18.7. The van der Waals surface area contributed by atoms with Crippen LogP contribution in [0.1, 0.15) is 65.9 Å². The molecule has 0 spiro atoms. The summed E-state index contributed by atoms with van der Waals surface area (Å²) in [5.41, 5.74) is 0. The van der Waals surface area contributed by atoms with Crippen LogP contribution in [0.4, 0.5) is 0 Å². The van der Waals surface area contributed by atoms with E-state index in [-0.39, 0.29) is 29.8 Å². The summed E-state index contributed by atoms with van der Waals surface area (Å²) in [6.07, 6.45) is 8.09. The fourth-order valence-corrected chi connectivity index (χ4v) is 7.61. The van der Waals surface area contributed by atoms with Crippen LogP contribution in [0.5, 0.6) is 0 Å². The fourth-order valence-electron chi connectivity index (χ4n) is 5.30. The van der Waals surface area contributed by atoms with Gasteiger partial charge in [0.05, 0.1) is 17.5 Å². The van der Waals surface area contributed by atoms with E-state index < -0.39 is 28.0 Å². The molecule has 2 amide bonds. The summed E-state index contributed by atoms with van der Waals surface area (Å²) in [4.78, 5) is 46.3. The lowest BCUT2D eigenvalue weighted by Gasteiger charge is -2.27. The number of hydrogen-bond acceptors (Lipinski definition) is 7. The minimum Gasteiger partial charge on any atom is -0.344 e. The number of rotatable bonds is 9. The zero-order valence-corrected chi connectivity index (χ0v) is 24.1. The first-order valence-electron chi connectivity index (χ1n) is 13.4. The van der Waals surface area contributed by atoms with Crippen molar-refractivity contribution in [2.75, 3.05) is 20.2 Å². The highest BCUT2D eigenvalue weighted by Gasteiger charge is 2.39. The SMILES string of the molecule is CO[n+]1ccccc1S(=O)(=O)N1CCCC(NC(=O)[C@H](CC2CCCCC2)NC(=O)c2ccc(C)s2)C(=O)C1. The number of carbonyl (C=O) groups excluding carboxylic acids is 3. The highest BCUT2D eigenvalue weighted by atomic mass is 32.2. The van der Waals surface area contributed by atoms with E-state index in [0.29, 0.717) is 30.1 Å². The molecule has 1 saturated heterocycles. The minimum absolute atomic E-state index is 0.0816. The van der Waals surface area contributed by atoms with Gasteiger partial charge in [-0.2, -0.15) is 4.31 Å². The highest BCUT2D eigenvalue weighted by molar-refractivity contribution is 7.89. The number of amides is 2. The van der Waals surface area contributed by atoms with Crippen molar-refractivity contribution in [3.8, 4) is 0 Å². The Balaban J connectivity index is 1.46. The van der Waals surface area contributed by atoms with Crippen LogP contribution in [-0.4, -0.2) is 62.6 Å². The smallest absolute Gasteiger partial charge is 0.344 e. The Morgan fingerprint density at radius 3 is 2.59 bits per heavy atom. The molecule has 2 atom stereocenters. The van der Waals surface area contributed by atoms with E-state index in [2.05, 4.69) is 10.6 Å². The Hall–Kier alpha value is -2.83. The van der Waals surface area contributed by atoms with Crippen LogP contribution >= 0.6 is 11.3 Å². The van der Waals surface area contributed by atoms with Gasteiger partial charge in [0.25, 0.3) is 5.91 Å². The lowest BCUT2D eigenvalue weighted by Crippen LogP contribution is -2.53. The number of hydrogen-bond donors (Lipinski definition) is 2. The topological polar surface area (TPSA) is 126 Å². The normalized spacial score (nSPS) is 20.2. The number of aromatic nitrogens is 1. The molecular formula is C27H37N4O6S2+. The Bertz CT molecular complexity index is 1290. The number of pyridine rings is 1. The molecule has 2 aliphatic rings. The lowest BCUT2D eigenvalue weighted by molar-refractivity contribution is -0.914. The van der Waals surface area contributed by atoms with Crippen LogP contribution in [-0.2, 0) is 19.6 Å². The van der Waals surface area contributed by atoms with Crippen LogP contribution in [0, 0.1) is 12.8 Å². The number of Topliss-reactive ketones (excluding diaryl/α,β-unsaturated/α-hetero) is 1. The third kappa shape index (κ3) is 7.23. The van der Waals surface area contributed by atoms with Gasteiger partial charge in [0, 0.05) is 28.3 Å². The molecule has 2 fully saturated rings. The van der Waals surface area contributed by atoms with Crippen molar-refractivity contribution in [1.82, 2.24) is 14.9 Å². The molecule has 3 heterocycles. The van der Waals surface area contributed by atoms with Crippen molar-refractivity contribution in [1.29, 1.82) is 0 Å². The maximum absolute atomic E-state index is 13.5. The van der Waals surface area contributed by atoms with Crippen molar-refractivity contribution in [3.63, 3.8) is 0 Å². The van der Waals surface area contributed by atoms with E-state index in [9.17, 15) is 22.8 Å². The number of carbonyl (C=O) groups is 3. The van der Waals surface area contributed by atoms with Gasteiger partial charge < -0.3 is 10.6 Å². The van der Waals surface area contributed by atoms with E-state index in [1.54, 1.807) is 18.2 Å². The van der Waals surface area contributed by atoms with Gasteiger partial charge in [-0.25, -0.2) is 8.42 Å². The van der Waals surface area contributed by atoms with E-state index >= 15 is 0 Å². The summed E-state index contributed by atoms with van der Waals surface area (Å²) in [6, 6.07) is 6.65. The van der Waals surface area contributed by atoms with Crippen molar-refractivity contribution in [2.24, 2.45) is 5.92 Å². The first kappa shape index (κ1) is 29.2. The molecule has 1 aliphatic carbocycles. The summed E-state index contributed by atoms with van der Waals surface area (Å²) >= 11 is 1.37. The molecule has 1 unspecified atom stereocenters. The third-order valence-corrected chi connectivity index (χ3v) is 10.2. The quantitative estimate of drug-likeness (QED) is 0.439. The Morgan fingerprint density at radius 1 is 1.13 bits per heavy atom. The van der Waals surface area contributed by atoms with Crippen molar-refractivity contribution < 1.29 is 32.4 Å². The summed E-state index contributed by atoms with van der Waals surface area (Å²) in [7, 11) is -2.65. The monoisotopic (exact) mass is 577 g/mol. The van der Waals surface area contributed by atoms with Crippen molar-refractivity contribution >= 4 is 39.0 Å². The molecule has 0 radical (unpaired) electrons. The van der Waals surface area contributed by atoms with Crippen LogP contribution in [0.15, 0.2) is 41.6 Å². The Labute approximate surface area is 233 Å². The molecular weight excluding hydrogens is 540 g/mol. The Kier molecular flexibility index (Phi) is 9.73. The average molecular weight is 578 g/mol. The molecule has 10 nitrogen and oxygen atoms in total. The maximum Gasteiger partial charge on any atom is 0.362 e. The van der Waals surface area contributed by atoms with Crippen LogP contribution < -0.4 is 20.2 Å². The third-order valence-electron chi connectivity index (χ3n) is 7.41. The summed E-state index contributed by atoms with van der Waals surface area (Å²) < 4.78 is 28.9. The van der Waals surface area contributed by atoms with Gasteiger partial charge in [-0.15, -0.1) is 11.3 Å². The van der Waals surface area contributed by atoms with Gasteiger partial charge in [-0.05, 0) is 50.3 Å². The molecule has 39 heavy (non-hydrogen) atoms. The van der Waals surface area contributed by atoms with E-state index in [4.69, 9.17) is 4.84 Å². The molecule has 1 saturated carbocycles. The molecule has 0 bridgehead atoms. The summed E-state index contributed by atoms with van der Waals surface area (Å²) in [5.74, 6) is -0.774. The molecule has 12 heteroatoms. The second kappa shape index (κ2) is 13.0. The zero-order valence-electron chi connectivity index (χ0n) is 22.4. The minimum atomic E-state index is -4.01. The highest BCUT2D eigenvalue weighted by Crippen LogP contribution is 2.28. The lowest BCUT2D eigenvalue weighted by atomic mass is 9.84. The number of aryl methyl sites for hydroxylation is 1. The van der Waals surface area contributed by atoms with Crippen molar-refractivity contribution in [2.45, 2.75) is 75.4 Å². The van der Waals surface area contributed by atoms with Gasteiger partial charge in [-0.1, -0.05) is 32.1 Å². The predicted molar refractivity (Wildman–Crippen MR) is 146 cm³/mol.